The fourth-order valence-electron chi connectivity index (χ4n) is 3.47. The number of para-hydroxylation sites is 1. The van der Waals surface area contributed by atoms with Gasteiger partial charge in [-0.05, 0) is 48.9 Å². The van der Waals surface area contributed by atoms with Crippen molar-refractivity contribution in [1.82, 2.24) is 14.2 Å². The molecule has 31 heavy (non-hydrogen) atoms. The average Bonchev–Trinajstić information content (AvgIpc) is 3.21. The quantitative estimate of drug-likeness (QED) is 0.343. The van der Waals surface area contributed by atoms with Crippen molar-refractivity contribution < 1.29 is 0 Å². The number of aromatic nitrogens is 3. The summed E-state index contributed by atoms with van der Waals surface area (Å²) in [7, 11) is 0. The van der Waals surface area contributed by atoms with Gasteiger partial charge in [0.25, 0.3) is 5.56 Å². The molecule has 0 aliphatic rings. The number of thiazole rings is 1. The molecule has 3 aromatic carbocycles. The lowest BCUT2D eigenvalue weighted by atomic mass is 10.1. The minimum atomic E-state index is -0.180. The fourth-order valence-corrected chi connectivity index (χ4v) is 4.63. The Hall–Kier alpha value is -3.29. The lowest BCUT2D eigenvalue weighted by Crippen LogP contribution is -2.25. The third-order valence-corrected chi connectivity index (χ3v) is 6.31. The lowest BCUT2D eigenvalue weighted by molar-refractivity contribution is 0.727. The largest absolute Gasteiger partial charge is 0.284 e. The van der Waals surface area contributed by atoms with E-state index in [4.69, 9.17) is 5.10 Å². The molecule has 0 saturated heterocycles. The molecule has 152 valence electrons. The predicted octanol–water partition coefficient (Wildman–Crippen LogP) is 5.35. The second-order valence-electron chi connectivity index (χ2n) is 6.97. The van der Waals surface area contributed by atoms with Gasteiger partial charge in [0, 0.05) is 15.5 Å². The predicted molar refractivity (Wildman–Crippen MR) is 128 cm³/mol. The molecule has 5 aromatic rings. The fraction of sp³-hybridized carbons (Fsp3) is 0.0417. The highest BCUT2D eigenvalue weighted by Gasteiger charge is 2.12. The number of fused-ring (bicyclic) bond motifs is 1. The van der Waals surface area contributed by atoms with Crippen molar-refractivity contribution in [3.63, 3.8) is 0 Å². The Balaban J connectivity index is 1.80. The van der Waals surface area contributed by atoms with Crippen LogP contribution in [-0.4, -0.2) is 14.2 Å². The lowest BCUT2D eigenvalue weighted by Gasteiger charge is -2.10. The molecule has 0 N–H and O–H groups in total. The average molecular weight is 489 g/mol. The highest BCUT2D eigenvalue weighted by Crippen LogP contribution is 2.24. The van der Waals surface area contributed by atoms with Crippen molar-refractivity contribution in [2.75, 3.05) is 0 Å². The summed E-state index contributed by atoms with van der Waals surface area (Å²) >= 11 is 4.99. The van der Waals surface area contributed by atoms with E-state index in [0.717, 1.165) is 21.4 Å². The highest BCUT2D eigenvalue weighted by molar-refractivity contribution is 9.10. The molecule has 0 bridgehead atoms. The Labute approximate surface area is 190 Å². The van der Waals surface area contributed by atoms with E-state index in [1.165, 1.54) is 16.0 Å². The summed E-state index contributed by atoms with van der Waals surface area (Å²) in [5.74, 6) is 0.542. The third-order valence-electron chi connectivity index (χ3n) is 4.96. The summed E-state index contributed by atoms with van der Waals surface area (Å²) in [6.45, 7) is 1.80. The van der Waals surface area contributed by atoms with Crippen LogP contribution in [0.25, 0.3) is 27.8 Å². The van der Waals surface area contributed by atoms with Crippen LogP contribution in [0.1, 0.15) is 5.82 Å². The van der Waals surface area contributed by atoms with Gasteiger partial charge in [-0.1, -0.05) is 58.4 Å². The SMILES string of the molecule is Cc1nc2ccccc2c(=O)n1/N=c1/scc(-c2ccccc2)n1-c1ccc(Br)cc1. The molecule has 2 aromatic heterocycles. The van der Waals surface area contributed by atoms with E-state index < -0.39 is 0 Å². The molecule has 0 radical (unpaired) electrons. The van der Waals surface area contributed by atoms with Crippen LogP contribution in [0.5, 0.6) is 0 Å². The number of hydrogen-bond acceptors (Lipinski definition) is 4. The third kappa shape index (κ3) is 3.66. The summed E-state index contributed by atoms with van der Waals surface area (Å²) in [6, 6.07) is 25.5. The Morgan fingerprint density at radius 1 is 0.935 bits per heavy atom. The number of nitrogens with zero attached hydrogens (tertiary/aromatic N) is 4. The van der Waals surface area contributed by atoms with Crippen LogP contribution in [0.4, 0.5) is 0 Å². The first-order chi connectivity index (χ1) is 15.1. The summed E-state index contributed by atoms with van der Waals surface area (Å²) in [5.41, 5.74) is 3.53. The standard InChI is InChI=1S/C24H17BrN4OS/c1-16-26-21-10-6-5-9-20(21)23(30)29(16)27-24-28(19-13-11-18(25)12-14-19)22(15-31-24)17-7-3-2-4-8-17/h2-15H,1H3/b27-24+. The second-order valence-corrected chi connectivity index (χ2v) is 8.73. The topological polar surface area (TPSA) is 52.2 Å². The first-order valence-corrected chi connectivity index (χ1v) is 11.3. The molecule has 7 heteroatoms. The molecule has 5 rings (SSSR count). The van der Waals surface area contributed by atoms with Gasteiger partial charge in [0.2, 0.25) is 4.80 Å². The summed E-state index contributed by atoms with van der Waals surface area (Å²) in [4.78, 5) is 18.4. The van der Waals surface area contributed by atoms with Crippen molar-refractivity contribution in [3.05, 3.63) is 110 Å². The van der Waals surface area contributed by atoms with Crippen LogP contribution in [0, 0.1) is 6.92 Å². The monoisotopic (exact) mass is 488 g/mol. The second kappa shape index (κ2) is 8.09. The number of benzene rings is 3. The summed E-state index contributed by atoms with van der Waals surface area (Å²) < 4.78 is 4.45. The van der Waals surface area contributed by atoms with Crippen molar-refractivity contribution in [3.8, 4) is 16.9 Å². The van der Waals surface area contributed by atoms with Gasteiger partial charge in [0.05, 0.1) is 16.6 Å². The van der Waals surface area contributed by atoms with Gasteiger partial charge < -0.3 is 0 Å². The number of aryl methyl sites for hydroxylation is 1. The van der Waals surface area contributed by atoms with Gasteiger partial charge in [-0.3, -0.25) is 9.36 Å². The maximum atomic E-state index is 13.1. The van der Waals surface area contributed by atoms with Crippen LogP contribution in [0.2, 0.25) is 0 Å². The minimum Gasteiger partial charge on any atom is -0.284 e. The van der Waals surface area contributed by atoms with Crippen molar-refractivity contribution >= 4 is 38.2 Å². The molecule has 0 amide bonds. The first-order valence-electron chi connectivity index (χ1n) is 9.67. The van der Waals surface area contributed by atoms with E-state index in [1.807, 2.05) is 60.7 Å². The van der Waals surface area contributed by atoms with E-state index in [9.17, 15) is 4.79 Å². The zero-order chi connectivity index (χ0) is 21.4. The molecule has 0 saturated carbocycles. The number of hydrogen-bond donors (Lipinski definition) is 0. The summed E-state index contributed by atoms with van der Waals surface area (Å²) in [5, 5.41) is 7.36. The van der Waals surface area contributed by atoms with E-state index in [1.54, 1.807) is 13.0 Å². The molecule has 0 atom stereocenters. The Morgan fingerprint density at radius 3 is 2.42 bits per heavy atom. The first kappa shape index (κ1) is 19.7. The molecular formula is C24H17BrN4OS. The zero-order valence-corrected chi connectivity index (χ0v) is 19.0. The van der Waals surface area contributed by atoms with E-state index in [0.29, 0.717) is 21.5 Å². The van der Waals surface area contributed by atoms with Gasteiger partial charge in [-0.2, -0.15) is 4.68 Å². The Morgan fingerprint density at radius 2 is 1.65 bits per heavy atom. The molecule has 2 heterocycles. The van der Waals surface area contributed by atoms with Crippen LogP contribution in [-0.2, 0) is 0 Å². The van der Waals surface area contributed by atoms with Crippen LogP contribution >= 0.6 is 27.3 Å². The Kier molecular flexibility index (Phi) is 5.13. The molecular weight excluding hydrogens is 472 g/mol. The van der Waals surface area contributed by atoms with E-state index in [-0.39, 0.29) is 5.56 Å². The highest BCUT2D eigenvalue weighted by atomic mass is 79.9. The van der Waals surface area contributed by atoms with Crippen LogP contribution in [0.3, 0.4) is 0 Å². The van der Waals surface area contributed by atoms with Crippen molar-refractivity contribution in [2.45, 2.75) is 6.92 Å². The number of rotatable bonds is 3. The molecule has 5 nitrogen and oxygen atoms in total. The van der Waals surface area contributed by atoms with Crippen LogP contribution in [0.15, 0.2) is 98.6 Å². The zero-order valence-electron chi connectivity index (χ0n) is 16.6. The molecule has 0 spiro atoms. The van der Waals surface area contributed by atoms with Crippen molar-refractivity contribution in [2.24, 2.45) is 5.10 Å². The Bertz CT molecular complexity index is 1520. The summed E-state index contributed by atoms with van der Waals surface area (Å²) in [6.07, 6.45) is 0. The van der Waals surface area contributed by atoms with Crippen molar-refractivity contribution in [1.29, 1.82) is 0 Å². The van der Waals surface area contributed by atoms with Gasteiger partial charge in [-0.25, -0.2) is 4.98 Å². The van der Waals surface area contributed by atoms with E-state index in [2.05, 4.69) is 43.0 Å². The van der Waals surface area contributed by atoms with Gasteiger partial charge in [0.15, 0.2) is 0 Å². The minimum absolute atomic E-state index is 0.180. The van der Waals surface area contributed by atoms with Gasteiger partial charge in [-0.15, -0.1) is 16.4 Å². The maximum Gasteiger partial charge on any atom is 0.282 e. The smallest absolute Gasteiger partial charge is 0.282 e. The van der Waals surface area contributed by atoms with Gasteiger partial charge >= 0.3 is 0 Å². The maximum absolute atomic E-state index is 13.1. The molecule has 0 aliphatic heterocycles. The molecule has 0 unspecified atom stereocenters. The van der Waals surface area contributed by atoms with Crippen LogP contribution < -0.4 is 10.4 Å². The van der Waals surface area contributed by atoms with Gasteiger partial charge in [0.1, 0.15) is 5.82 Å². The van der Waals surface area contributed by atoms with E-state index >= 15 is 0 Å². The normalized spacial score (nSPS) is 11.9. The number of halogens is 1. The molecule has 0 fully saturated rings. The molecule has 0 aliphatic carbocycles.